The molecule has 1 nitrogen and oxygen atoms in total. The molecule has 0 fully saturated rings. The zero-order valence-corrected chi connectivity index (χ0v) is 29.4. The van der Waals surface area contributed by atoms with E-state index >= 15 is 0 Å². The Bertz CT molecular complexity index is 2290. The molecule has 0 saturated carbocycles. The minimum atomic E-state index is -0.0435. The van der Waals surface area contributed by atoms with Crippen molar-refractivity contribution in [3.05, 3.63) is 196 Å². The molecule has 3 atom stereocenters. The second-order valence-electron chi connectivity index (χ2n) is 15.1. The van der Waals surface area contributed by atoms with Crippen LogP contribution in [0.2, 0.25) is 0 Å². The first-order chi connectivity index (χ1) is 24.4. The molecule has 9 rings (SSSR count). The molecule has 0 saturated heterocycles. The number of hydrogen-bond acceptors (Lipinski definition) is 1. The summed E-state index contributed by atoms with van der Waals surface area (Å²) in [6.45, 7) is 9.36. The summed E-state index contributed by atoms with van der Waals surface area (Å²) in [4.78, 5) is 2.47. The Morgan fingerprint density at radius 2 is 1.50 bits per heavy atom. The third-order valence-electron chi connectivity index (χ3n) is 11.5. The maximum absolute atomic E-state index is 2.48. The van der Waals surface area contributed by atoms with Crippen molar-refractivity contribution in [1.29, 1.82) is 0 Å². The van der Waals surface area contributed by atoms with Crippen LogP contribution in [0.25, 0.3) is 28.3 Å². The molecule has 1 heteroatoms. The summed E-state index contributed by atoms with van der Waals surface area (Å²) in [7, 11) is 0. The van der Waals surface area contributed by atoms with Gasteiger partial charge in [-0.25, -0.2) is 0 Å². The molecule has 1 aliphatic heterocycles. The Labute approximate surface area is 297 Å². The molecule has 5 aromatic carbocycles. The first-order valence-corrected chi connectivity index (χ1v) is 18.2. The molecule has 3 aliphatic carbocycles. The van der Waals surface area contributed by atoms with Crippen molar-refractivity contribution in [1.82, 2.24) is 0 Å². The molecule has 1 heterocycles. The lowest BCUT2D eigenvalue weighted by Crippen LogP contribution is -2.18. The van der Waals surface area contributed by atoms with Crippen molar-refractivity contribution in [3.63, 3.8) is 0 Å². The number of allylic oxidation sites excluding steroid dienone is 8. The highest BCUT2D eigenvalue weighted by Crippen LogP contribution is 2.53. The van der Waals surface area contributed by atoms with E-state index in [0.717, 1.165) is 6.42 Å². The van der Waals surface area contributed by atoms with Crippen LogP contribution < -0.4 is 4.90 Å². The number of para-hydroxylation sites is 1. The Balaban J connectivity index is 1.18. The van der Waals surface area contributed by atoms with Crippen molar-refractivity contribution in [2.24, 2.45) is 11.8 Å². The van der Waals surface area contributed by atoms with E-state index in [9.17, 15) is 0 Å². The van der Waals surface area contributed by atoms with E-state index < -0.39 is 0 Å². The summed E-state index contributed by atoms with van der Waals surface area (Å²) in [6.07, 6.45) is 17.4. The lowest BCUT2D eigenvalue weighted by molar-refractivity contribution is 0.618. The third kappa shape index (κ3) is 4.99. The van der Waals surface area contributed by atoms with Gasteiger partial charge in [0.1, 0.15) is 0 Å². The van der Waals surface area contributed by atoms with E-state index in [1.807, 2.05) is 0 Å². The third-order valence-corrected chi connectivity index (χ3v) is 11.5. The number of rotatable bonds is 5. The van der Waals surface area contributed by atoms with E-state index in [4.69, 9.17) is 0 Å². The Morgan fingerprint density at radius 3 is 2.30 bits per heavy atom. The maximum Gasteiger partial charge on any atom is 0.0498 e. The van der Waals surface area contributed by atoms with Crippen LogP contribution in [0.4, 0.5) is 11.4 Å². The van der Waals surface area contributed by atoms with Crippen LogP contribution in [0.5, 0.6) is 0 Å². The first-order valence-electron chi connectivity index (χ1n) is 18.2. The molecule has 0 amide bonds. The minimum Gasteiger partial charge on any atom is -0.313 e. The van der Waals surface area contributed by atoms with Gasteiger partial charge in [0.15, 0.2) is 0 Å². The molecule has 0 N–H and O–H groups in total. The largest absolute Gasteiger partial charge is 0.313 e. The summed E-state index contributed by atoms with van der Waals surface area (Å²) in [5.74, 6) is 1.32. The van der Waals surface area contributed by atoms with E-state index in [0.29, 0.717) is 17.8 Å². The van der Waals surface area contributed by atoms with Crippen molar-refractivity contribution in [3.8, 4) is 11.1 Å². The van der Waals surface area contributed by atoms with Gasteiger partial charge < -0.3 is 4.90 Å². The molecule has 244 valence electrons. The number of anilines is 2. The smallest absolute Gasteiger partial charge is 0.0498 e. The van der Waals surface area contributed by atoms with Gasteiger partial charge in [0, 0.05) is 28.4 Å². The average Bonchev–Trinajstić information content (AvgIpc) is 3.60. The van der Waals surface area contributed by atoms with Crippen molar-refractivity contribution < 1.29 is 0 Å². The Morgan fingerprint density at radius 1 is 0.740 bits per heavy atom. The van der Waals surface area contributed by atoms with Crippen LogP contribution in [-0.2, 0) is 5.41 Å². The second kappa shape index (κ2) is 11.9. The number of benzene rings is 5. The molecule has 0 radical (unpaired) electrons. The topological polar surface area (TPSA) is 3.24 Å². The van der Waals surface area contributed by atoms with Crippen molar-refractivity contribution in [2.45, 2.75) is 45.4 Å². The first kappa shape index (κ1) is 30.6. The van der Waals surface area contributed by atoms with Gasteiger partial charge in [0.25, 0.3) is 0 Å². The van der Waals surface area contributed by atoms with Crippen LogP contribution in [0, 0.1) is 11.8 Å². The van der Waals surface area contributed by atoms with Gasteiger partial charge in [-0.3, -0.25) is 0 Å². The molecule has 3 unspecified atom stereocenters. The molecular weight excluding hydrogens is 603 g/mol. The van der Waals surface area contributed by atoms with Gasteiger partial charge in [0.05, 0.1) is 0 Å². The number of hydrogen-bond donors (Lipinski definition) is 0. The monoisotopic (exact) mass is 645 g/mol. The van der Waals surface area contributed by atoms with E-state index in [-0.39, 0.29) is 5.41 Å². The fraction of sp³-hybridized carbons (Fsp3) is 0.184. The predicted octanol–water partition coefficient (Wildman–Crippen LogP) is 12.9. The van der Waals surface area contributed by atoms with Crippen LogP contribution in [-0.4, -0.2) is 0 Å². The molecule has 50 heavy (non-hydrogen) atoms. The standard InChI is InChI=1S/C49H43N/c1-32-17-20-35(21-18-32)36-22-24-37(25-23-36)42(29-34-19-27-41-40-14-8-9-15-44(40)49(3,4)45(41)30-34)38-26-28-46-43(31-38)48-33(2)11-10-16-47(48)50(46)39-12-6-5-7-13-39/h5-17,19-33,48H,18H2,1-4H3/b42-29+. The normalized spacial score (nSPS) is 21.2. The van der Waals surface area contributed by atoms with Gasteiger partial charge in [-0.05, 0) is 116 Å². The second-order valence-corrected chi connectivity index (χ2v) is 15.1. The molecule has 5 aromatic rings. The van der Waals surface area contributed by atoms with E-state index in [2.05, 4.69) is 190 Å². The van der Waals surface area contributed by atoms with Gasteiger partial charge in [0.2, 0.25) is 0 Å². The van der Waals surface area contributed by atoms with Gasteiger partial charge in [-0.1, -0.05) is 149 Å². The van der Waals surface area contributed by atoms with Gasteiger partial charge in [-0.15, -0.1) is 0 Å². The zero-order chi connectivity index (χ0) is 34.0. The van der Waals surface area contributed by atoms with Gasteiger partial charge in [-0.2, -0.15) is 0 Å². The zero-order valence-electron chi connectivity index (χ0n) is 29.4. The SMILES string of the molecule is CC1C=CC(c2ccc(/C(=C\c3ccc4c(c3)C(C)(C)c3ccccc3-4)c3ccc4c(c3)C3C(=CC=CC3C)N4c3ccccc3)cc2)=CC1. The summed E-state index contributed by atoms with van der Waals surface area (Å²) in [5, 5.41) is 0. The van der Waals surface area contributed by atoms with Crippen LogP contribution in [0.15, 0.2) is 157 Å². The van der Waals surface area contributed by atoms with Crippen LogP contribution in [0.1, 0.15) is 79.0 Å². The highest BCUT2D eigenvalue weighted by molar-refractivity contribution is 5.94. The maximum atomic E-state index is 2.48. The highest BCUT2D eigenvalue weighted by Gasteiger charge is 2.38. The van der Waals surface area contributed by atoms with E-state index in [1.54, 1.807) is 0 Å². The van der Waals surface area contributed by atoms with Crippen LogP contribution >= 0.6 is 0 Å². The predicted molar refractivity (Wildman–Crippen MR) is 212 cm³/mol. The summed E-state index contributed by atoms with van der Waals surface area (Å²) >= 11 is 0. The van der Waals surface area contributed by atoms with Crippen molar-refractivity contribution in [2.75, 3.05) is 4.90 Å². The quantitative estimate of drug-likeness (QED) is 0.172. The summed E-state index contributed by atoms with van der Waals surface area (Å²) in [5.41, 5.74) is 18.3. The lowest BCUT2D eigenvalue weighted by atomic mass is 9.81. The fourth-order valence-corrected chi connectivity index (χ4v) is 8.74. The fourth-order valence-electron chi connectivity index (χ4n) is 8.74. The summed E-state index contributed by atoms with van der Waals surface area (Å²) < 4.78 is 0. The Kier molecular flexibility index (Phi) is 7.28. The lowest BCUT2D eigenvalue weighted by Gasteiger charge is -2.27. The molecule has 4 aliphatic rings. The number of nitrogens with zero attached hydrogens (tertiary/aromatic N) is 1. The molecule has 0 aromatic heterocycles. The highest BCUT2D eigenvalue weighted by atomic mass is 15.2. The van der Waals surface area contributed by atoms with Crippen molar-refractivity contribution >= 4 is 28.6 Å². The minimum absolute atomic E-state index is 0.0435. The number of fused-ring (bicyclic) bond motifs is 6. The van der Waals surface area contributed by atoms with Crippen LogP contribution in [0.3, 0.4) is 0 Å². The molecule has 0 bridgehead atoms. The van der Waals surface area contributed by atoms with Gasteiger partial charge >= 0.3 is 0 Å². The molecule has 0 spiro atoms. The molecular formula is C49H43N. The average molecular weight is 646 g/mol. The summed E-state index contributed by atoms with van der Waals surface area (Å²) in [6, 6.07) is 43.2. The Hall–Kier alpha value is -5.40. The van der Waals surface area contributed by atoms with E-state index in [1.165, 1.54) is 78.3 Å².